The van der Waals surface area contributed by atoms with Crippen molar-refractivity contribution >= 4 is 11.8 Å². The fraction of sp³-hybridized carbons (Fsp3) is 0.889. The highest BCUT2D eigenvalue weighted by molar-refractivity contribution is 5.99. The Morgan fingerprint density at radius 1 is 0.905 bits per heavy atom. The van der Waals surface area contributed by atoms with Gasteiger partial charge in [-0.05, 0) is 12.8 Å². The minimum atomic E-state index is -0.570. The van der Waals surface area contributed by atoms with Crippen LogP contribution >= 0.6 is 0 Å². The molecule has 0 aliphatic heterocycles. The molecule has 0 N–H and O–H groups in total. The molecule has 0 aromatic rings. The maximum atomic E-state index is 12.2. The van der Waals surface area contributed by atoms with Gasteiger partial charge in [-0.25, -0.2) is 0 Å². The lowest BCUT2D eigenvalue weighted by molar-refractivity contribution is -0.150. The second-order valence-electron chi connectivity index (χ2n) is 6.05. The predicted molar refractivity (Wildman–Crippen MR) is 87.2 cm³/mol. The minimum absolute atomic E-state index is 0.0332. The normalized spacial score (nSPS) is 13.7. The van der Waals surface area contributed by atoms with E-state index in [0.717, 1.165) is 12.8 Å². The zero-order chi connectivity index (χ0) is 16.1. The topological polar surface area (TPSA) is 43.4 Å². The molecular weight excluding hydrogens is 264 g/mol. The number of Topliss-reactive ketones (excluding diaryl/α,β-unsaturated/α-hetero) is 1. The molecule has 0 aliphatic rings. The summed E-state index contributed by atoms with van der Waals surface area (Å²) >= 11 is 0. The fourth-order valence-corrected chi connectivity index (χ4v) is 2.70. The van der Waals surface area contributed by atoms with Crippen molar-refractivity contribution in [2.45, 2.75) is 85.0 Å². The number of ether oxygens (including phenoxy) is 1. The quantitative estimate of drug-likeness (QED) is 0.275. The van der Waals surface area contributed by atoms with Crippen LogP contribution in [0.5, 0.6) is 0 Å². The molecule has 0 heterocycles. The van der Waals surface area contributed by atoms with Gasteiger partial charge in [0.2, 0.25) is 0 Å². The van der Waals surface area contributed by atoms with Gasteiger partial charge in [0.15, 0.2) is 0 Å². The summed E-state index contributed by atoms with van der Waals surface area (Å²) in [5.41, 5.74) is 0. The van der Waals surface area contributed by atoms with Crippen LogP contribution in [0, 0.1) is 11.8 Å². The van der Waals surface area contributed by atoms with Crippen molar-refractivity contribution in [3.63, 3.8) is 0 Å². The number of rotatable bonds is 13. The SMILES string of the molecule is CCCCCCCCCC[C@@H](C)C(=O)[C@H](CC)C(=O)OC. The second kappa shape index (κ2) is 12.8. The predicted octanol–water partition coefficient (Wildman–Crippen LogP) is 4.92. The van der Waals surface area contributed by atoms with Crippen molar-refractivity contribution in [3.05, 3.63) is 0 Å². The first-order valence-corrected chi connectivity index (χ1v) is 8.69. The van der Waals surface area contributed by atoms with Crippen LogP contribution in [-0.4, -0.2) is 18.9 Å². The number of ketones is 1. The van der Waals surface area contributed by atoms with Crippen LogP contribution in [0.3, 0.4) is 0 Å². The van der Waals surface area contributed by atoms with E-state index >= 15 is 0 Å². The van der Waals surface area contributed by atoms with E-state index in [1.807, 2.05) is 13.8 Å². The van der Waals surface area contributed by atoms with Gasteiger partial charge in [0.1, 0.15) is 11.7 Å². The average molecular weight is 298 g/mol. The molecule has 0 amide bonds. The summed E-state index contributed by atoms with van der Waals surface area (Å²) in [5, 5.41) is 0. The number of carbonyl (C=O) groups excluding carboxylic acids is 2. The Bertz CT molecular complexity index is 286. The van der Waals surface area contributed by atoms with Crippen LogP contribution in [0.1, 0.15) is 85.0 Å². The molecule has 2 atom stereocenters. The lowest BCUT2D eigenvalue weighted by atomic mass is 9.88. The number of carbonyl (C=O) groups is 2. The van der Waals surface area contributed by atoms with E-state index in [4.69, 9.17) is 4.74 Å². The Morgan fingerprint density at radius 3 is 1.90 bits per heavy atom. The number of hydrogen-bond donors (Lipinski definition) is 0. The maximum absolute atomic E-state index is 12.2. The summed E-state index contributed by atoms with van der Waals surface area (Å²) in [7, 11) is 1.35. The monoisotopic (exact) mass is 298 g/mol. The summed E-state index contributed by atoms with van der Waals surface area (Å²) in [6.45, 7) is 6.04. The van der Waals surface area contributed by atoms with E-state index in [-0.39, 0.29) is 17.7 Å². The van der Waals surface area contributed by atoms with E-state index < -0.39 is 5.92 Å². The number of esters is 1. The van der Waals surface area contributed by atoms with E-state index in [1.165, 1.54) is 52.1 Å². The van der Waals surface area contributed by atoms with Crippen molar-refractivity contribution < 1.29 is 14.3 Å². The Morgan fingerprint density at radius 2 is 1.43 bits per heavy atom. The number of methoxy groups -OCH3 is 1. The maximum Gasteiger partial charge on any atom is 0.316 e. The van der Waals surface area contributed by atoms with Crippen molar-refractivity contribution in [1.82, 2.24) is 0 Å². The first kappa shape index (κ1) is 20.1. The second-order valence-corrected chi connectivity index (χ2v) is 6.05. The molecule has 21 heavy (non-hydrogen) atoms. The smallest absolute Gasteiger partial charge is 0.316 e. The largest absolute Gasteiger partial charge is 0.468 e. The van der Waals surface area contributed by atoms with E-state index in [9.17, 15) is 9.59 Å². The zero-order valence-corrected chi connectivity index (χ0v) is 14.5. The molecule has 0 fully saturated rings. The molecule has 3 nitrogen and oxygen atoms in total. The molecule has 0 aromatic carbocycles. The Kier molecular flexibility index (Phi) is 12.3. The molecule has 0 aliphatic carbocycles. The van der Waals surface area contributed by atoms with Crippen molar-refractivity contribution in [3.8, 4) is 0 Å². The molecule has 0 rings (SSSR count). The average Bonchev–Trinajstić information content (AvgIpc) is 2.49. The Balaban J connectivity index is 3.80. The highest BCUT2D eigenvalue weighted by Crippen LogP contribution is 2.19. The summed E-state index contributed by atoms with van der Waals surface area (Å²) in [6, 6.07) is 0. The summed E-state index contributed by atoms with van der Waals surface area (Å²) in [4.78, 5) is 23.8. The van der Waals surface area contributed by atoms with Gasteiger partial charge < -0.3 is 4.74 Å². The number of hydrogen-bond acceptors (Lipinski definition) is 3. The Labute approximate surface area is 130 Å². The van der Waals surface area contributed by atoms with Gasteiger partial charge in [-0.15, -0.1) is 0 Å². The van der Waals surface area contributed by atoms with Crippen LogP contribution in [0.4, 0.5) is 0 Å². The van der Waals surface area contributed by atoms with E-state index in [0.29, 0.717) is 6.42 Å². The Hall–Kier alpha value is -0.860. The fourth-order valence-electron chi connectivity index (χ4n) is 2.70. The van der Waals surface area contributed by atoms with Gasteiger partial charge in [-0.3, -0.25) is 9.59 Å². The first-order chi connectivity index (χ1) is 10.1. The van der Waals surface area contributed by atoms with Crippen LogP contribution in [0.25, 0.3) is 0 Å². The standard InChI is InChI=1S/C18H34O3/c1-5-7-8-9-10-11-12-13-14-15(3)17(19)16(6-2)18(20)21-4/h15-16H,5-14H2,1-4H3/t15-,16+/m1/s1. The summed E-state index contributed by atoms with van der Waals surface area (Å²) in [5.74, 6) is -0.939. The third kappa shape index (κ3) is 8.90. The lowest BCUT2D eigenvalue weighted by Gasteiger charge is -2.16. The molecule has 0 saturated carbocycles. The van der Waals surface area contributed by atoms with Gasteiger partial charge >= 0.3 is 5.97 Å². The van der Waals surface area contributed by atoms with Crippen LogP contribution in [0.15, 0.2) is 0 Å². The zero-order valence-electron chi connectivity index (χ0n) is 14.5. The third-order valence-corrected chi connectivity index (χ3v) is 4.21. The molecule has 0 unspecified atom stereocenters. The molecule has 124 valence electrons. The van der Waals surface area contributed by atoms with E-state index in [1.54, 1.807) is 0 Å². The molecule has 3 heteroatoms. The van der Waals surface area contributed by atoms with Gasteiger partial charge in [-0.2, -0.15) is 0 Å². The van der Waals surface area contributed by atoms with E-state index in [2.05, 4.69) is 6.92 Å². The summed E-state index contributed by atoms with van der Waals surface area (Å²) < 4.78 is 4.70. The molecule has 0 spiro atoms. The third-order valence-electron chi connectivity index (χ3n) is 4.21. The van der Waals surface area contributed by atoms with Gasteiger partial charge in [0.25, 0.3) is 0 Å². The molecule has 0 aromatic heterocycles. The molecule has 0 radical (unpaired) electrons. The number of unbranched alkanes of at least 4 members (excludes halogenated alkanes) is 7. The van der Waals surface area contributed by atoms with Crippen LogP contribution in [-0.2, 0) is 14.3 Å². The van der Waals surface area contributed by atoms with Gasteiger partial charge in [0.05, 0.1) is 7.11 Å². The van der Waals surface area contributed by atoms with Crippen molar-refractivity contribution in [1.29, 1.82) is 0 Å². The molecule has 0 saturated heterocycles. The van der Waals surface area contributed by atoms with Crippen molar-refractivity contribution in [2.24, 2.45) is 11.8 Å². The first-order valence-electron chi connectivity index (χ1n) is 8.69. The van der Waals surface area contributed by atoms with Gasteiger partial charge in [-0.1, -0.05) is 72.1 Å². The molecule has 0 bridgehead atoms. The highest BCUT2D eigenvalue weighted by Gasteiger charge is 2.28. The molecular formula is C18H34O3. The minimum Gasteiger partial charge on any atom is -0.468 e. The highest BCUT2D eigenvalue weighted by atomic mass is 16.5. The summed E-state index contributed by atoms with van der Waals surface area (Å²) in [6.07, 6.45) is 11.6. The van der Waals surface area contributed by atoms with Gasteiger partial charge in [0, 0.05) is 5.92 Å². The van der Waals surface area contributed by atoms with Crippen molar-refractivity contribution in [2.75, 3.05) is 7.11 Å². The lowest BCUT2D eigenvalue weighted by Crippen LogP contribution is -2.29. The van der Waals surface area contributed by atoms with Crippen LogP contribution in [0.2, 0.25) is 0 Å². The van der Waals surface area contributed by atoms with Crippen LogP contribution < -0.4 is 0 Å².